The van der Waals surface area contributed by atoms with E-state index in [9.17, 15) is 4.79 Å². The van der Waals surface area contributed by atoms with E-state index < -0.39 is 5.97 Å². The molecule has 0 bridgehead atoms. The number of carbonyl (C=O) groups is 1. The van der Waals surface area contributed by atoms with E-state index in [1.807, 2.05) is 43.3 Å². The quantitative estimate of drug-likeness (QED) is 0.635. The fourth-order valence-corrected chi connectivity index (χ4v) is 2.06. The van der Waals surface area contributed by atoms with Gasteiger partial charge in [-0.15, -0.1) is 6.58 Å². The Labute approximate surface area is 124 Å². The lowest BCUT2D eigenvalue weighted by atomic mass is 10.0. The first-order valence-corrected chi connectivity index (χ1v) is 6.78. The third-order valence-electron chi connectivity index (χ3n) is 3.11. The van der Waals surface area contributed by atoms with Crippen molar-refractivity contribution in [3.05, 3.63) is 60.2 Å². The number of carboxylic acids is 1. The molecule has 0 aliphatic rings. The highest BCUT2D eigenvalue weighted by molar-refractivity contribution is 5.96. The Hall–Kier alpha value is -2.55. The summed E-state index contributed by atoms with van der Waals surface area (Å²) < 4.78 is 5.78. The molecule has 0 amide bonds. The minimum absolute atomic E-state index is 0.529. The molecule has 0 spiro atoms. The fourth-order valence-electron chi connectivity index (χ4n) is 2.06. The lowest BCUT2D eigenvalue weighted by Crippen LogP contribution is -1.99. The molecule has 2 rings (SSSR count). The van der Waals surface area contributed by atoms with Crippen LogP contribution < -0.4 is 4.74 Å². The van der Waals surface area contributed by atoms with Crippen LogP contribution in [-0.2, 0) is 4.79 Å². The van der Waals surface area contributed by atoms with E-state index in [-0.39, 0.29) is 0 Å². The minimum Gasteiger partial charge on any atom is -0.493 e. The SMILES string of the molecule is C=C(C)CCOc1ccc2ccccc2c1/C=C/C(=O)O. The second kappa shape index (κ2) is 6.75. The Morgan fingerprint density at radius 2 is 2.05 bits per heavy atom. The van der Waals surface area contributed by atoms with Crippen LogP contribution in [0, 0.1) is 0 Å². The van der Waals surface area contributed by atoms with Crippen LogP contribution in [0.3, 0.4) is 0 Å². The van der Waals surface area contributed by atoms with Gasteiger partial charge in [-0.3, -0.25) is 0 Å². The van der Waals surface area contributed by atoms with Crippen molar-refractivity contribution < 1.29 is 14.6 Å². The van der Waals surface area contributed by atoms with Crippen molar-refractivity contribution in [2.45, 2.75) is 13.3 Å². The van der Waals surface area contributed by atoms with E-state index in [2.05, 4.69) is 6.58 Å². The van der Waals surface area contributed by atoms with E-state index in [4.69, 9.17) is 9.84 Å². The lowest BCUT2D eigenvalue weighted by molar-refractivity contribution is -0.131. The predicted molar refractivity (Wildman–Crippen MR) is 85.5 cm³/mol. The summed E-state index contributed by atoms with van der Waals surface area (Å²) in [4.78, 5) is 10.8. The largest absolute Gasteiger partial charge is 0.493 e. The van der Waals surface area contributed by atoms with Gasteiger partial charge in [-0.25, -0.2) is 4.79 Å². The smallest absolute Gasteiger partial charge is 0.328 e. The van der Waals surface area contributed by atoms with Gasteiger partial charge in [-0.1, -0.05) is 35.9 Å². The summed E-state index contributed by atoms with van der Waals surface area (Å²) in [5.41, 5.74) is 1.84. The number of hydrogen-bond acceptors (Lipinski definition) is 2. The average Bonchev–Trinajstić information content (AvgIpc) is 2.45. The van der Waals surface area contributed by atoms with Gasteiger partial charge in [0.05, 0.1) is 6.61 Å². The van der Waals surface area contributed by atoms with Crippen LogP contribution in [0.1, 0.15) is 18.9 Å². The minimum atomic E-state index is -0.976. The van der Waals surface area contributed by atoms with Crippen LogP contribution in [0.15, 0.2) is 54.6 Å². The van der Waals surface area contributed by atoms with Crippen LogP contribution in [-0.4, -0.2) is 17.7 Å². The second-order valence-electron chi connectivity index (χ2n) is 4.93. The molecule has 0 aromatic heterocycles. The molecule has 0 radical (unpaired) electrons. The number of hydrogen-bond donors (Lipinski definition) is 1. The molecule has 3 heteroatoms. The van der Waals surface area contributed by atoms with Gasteiger partial charge in [0.1, 0.15) is 5.75 Å². The molecule has 0 saturated heterocycles. The number of benzene rings is 2. The standard InChI is InChI=1S/C18H18O3/c1-13(2)11-12-21-17-9-7-14-5-3-4-6-15(14)16(17)8-10-18(19)20/h3-10H,1,11-12H2,2H3,(H,19,20)/b10-8+. The first-order valence-electron chi connectivity index (χ1n) is 6.78. The summed E-state index contributed by atoms with van der Waals surface area (Å²) in [5, 5.41) is 10.9. The van der Waals surface area contributed by atoms with Gasteiger partial charge in [0.2, 0.25) is 0 Å². The van der Waals surface area contributed by atoms with Crippen molar-refractivity contribution in [2.75, 3.05) is 6.61 Å². The summed E-state index contributed by atoms with van der Waals surface area (Å²) in [5.74, 6) is -0.289. The van der Waals surface area contributed by atoms with E-state index in [0.717, 1.165) is 34.4 Å². The van der Waals surface area contributed by atoms with Gasteiger partial charge in [0.15, 0.2) is 0 Å². The van der Waals surface area contributed by atoms with Crippen molar-refractivity contribution >= 4 is 22.8 Å². The van der Waals surface area contributed by atoms with Gasteiger partial charge in [0, 0.05) is 18.1 Å². The molecular weight excluding hydrogens is 264 g/mol. The molecule has 0 saturated carbocycles. The number of carboxylic acid groups (broad SMARTS) is 1. The molecule has 2 aromatic rings. The normalized spacial score (nSPS) is 10.9. The van der Waals surface area contributed by atoms with Gasteiger partial charge >= 0.3 is 5.97 Å². The summed E-state index contributed by atoms with van der Waals surface area (Å²) >= 11 is 0. The molecule has 0 heterocycles. The number of aliphatic carboxylic acids is 1. The Balaban J connectivity index is 2.40. The van der Waals surface area contributed by atoms with Crippen LogP contribution in [0.4, 0.5) is 0 Å². The van der Waals surface area contributed by atoms with Crippen LogP contribution in [0.2, 0.25) is 0 Å². The van der Waals surface area contributed by atoms with Crippen molar-refractivity contribution in [1.82, 2.24) is 0 Å². The van der Waals surface area contributed by atoms with Gasteiger partial charge in [0.25, 0.3) is 0 Å². The Morgan fingerprint density at radius 3 is 2.76 bits per heavy atom. The molecule has 0 aliphatic carbocycles. The highest BCUT2D eigenvalue weighted by atomic mass is 16.5. The van der Waals surface area contributed by atoms with E-state index in [1.165, 1.54) is 0 Å². The van der Waals surface area contributed by atoms with Crippen LogP contribution >= 0.6 is 0 Å². The number of fused-ring (bicyclic) bond motifs is 1. The van der Waals surface area contributed by atoms with Crippen molar-refractivity contribution in [3.63, 3.8) is 0 Å². The first kappa shape index (κ1) is 14.9. The molecule has 2 aromatic carbocycles. The summed E-state index contributed by atoms with van der Waals surface area (Å²) in [7, 11) is 0. The van der Waals surface area contributed by atoms with Crippen molar-refractivity contribution in [3.8, 4) is 5.75 Å². The maximum absolute atomic E-state index is 10.8. The predicted octanol–water partition coefficient (Wildman–Crippen LogP) is 4.28. The molecule has 1 N–H and O–H groups in total. The summed E-state index contributed by atoms with van der Waals surface area (Å²) in [6, 6.07) is 11.7. The third-order valence-corrected chi connectivity index (χ3v) is 3.11. The van der Waals surface area contributed by atoms with Crippen molar-refractivity contribution in [2.24, 2.45) is 0 Å². The topological polar surface area (TPSA) is 46.5 Å². The van der Waals surface area contributed by atoms with Gasteiger partial charge in [-0.05, 0) is 29.8 Å². The molecule has 3 nitrogen and oxygen atoms in total. The molecule has 0 unspecified atom stereocenters. The van der Waals surface area contributed by atoms with E-state index in [0.29, 0.717) is 12.4 Å². The van der Waals surface area contributed by atoms with E-state index >= 15 is 0 Å². The molecule has 0 aliphatic heterocycles. The van der Waals surface area contributed by atoms with E-state index in [1.54, 1.807) is 6.08 Å². The average molecular weight is 282 g/mol. The second-order valence-corrected chi connectivity index (χ2v) is 4.93. The number of rotatable bonds is 6. The van der Waals surface area contributed by atoms with Crippen LogP contribution in [0.5, 0.6) is 5.75 Å². The summed E-state index contributed by atoms with van der Waals surface area (Å²) in [6.07, 6.45) is 3.49. The summed E-state index contributed by atoms with van der Waals surface area (Å²) in [6.45, 7) is 6.33. The van der Waals surface area contributed by atoms with Crippen LogP contribution in [0.25, 0.3) is 16.8 Å². The molecule has 0 fully saturated rings. The highest BCUT2D eigenvalue weighted by Crippen LogP contribution is 2.29. The highest BCUT2D eigenvalue weighted by Gasteiger charge is 2.07. The lowest BCUT2D eigenvalue weighted by Gasteiger charge is -2.12. The first-order chi connectivity index (χ1) is 10.1. The molecule has 0 atom stereocenters. The maximum Gasteiger partial charge on any atom is 0.328 e. The third kappa shape index (κ3) is 3.96. The number of ether oxygens (including phenoxy) is 1. The maximum atomic E-state index is 10.8. The Kier molecular flexibility index (Phi) is 4.77. The molecule has 108 valence electrons. The monoisotopic (exact) mass is 282 g/mol. The Bertz CT molecular complexity index is 699. The molecular formula is C18H18O3. The zero-order valence-electron chi connectivity index (χ0n) is 12.0. The Morgan fingerprint density at radius 1 is 1.29 bits per heavy atom. The van der Waals surface area contributed by atoms with Gasteiger partial charge < -0.3 is 9.84 Å². The fraction of sp³-hybridized carbons (Fsp3) is 0.167. The zero-order valence-corrected chi connectivity index (χ0v) is 12.0. The zero-order chi connectivity index (χ0) is 15.2. The van der Waals surface area contributed by atoms with Gasteiger partial charge in [-0.2, -0.15) is 0 Å². The van der Waals surface area contributed by atoms with Crippen molar-refractivity contribution in [1.29, 1.82) is 0 Å². The molecule has 21 heavy (non-hydrogen) atoms.